The monoisotopic (exact) mass is 340 g/mol. The number of alkyl halides is 3. The van der Waals surface area contributed by atoms with E-state index >= 15 is 0 Å². The first kappa shape index (κ1) is 17.8. The van der Waals surface area contributed by atoms with Crippen LogP contribution in [-0.4, -0.2) is 15.6 Å². The Morgan fingerprint density at radius 3 is 2.50 bits per heavy atom. The molecule has 0 spiro atoms. The molecule has 1 aromatic heterocycles. The largest absolute Gasteiger partial charge is 0.416 e. The molecule has 0 aliphatic carbocycles. The minimum Gasteiger partial charge on any atom is -0.399 e. The predicted molar refractivity (Wildman–Crippen MR) is 87.8 cm³/mol. The Kier molecular flexibility index (Phi) is 4.86. The van der Waals surface area contributed by atoms with Crippen molar-refractivity contribution in [3.63, 3.8) is 0 Å². The van der Waals surface area contributed by atoms with Crippen LogP contribution in [0, 0.1) is 0 Å². The lowest BCUT2D eigenvalue weighted by molar-refractivity contribution is -0.137. The van der Waals surface area contributed by atoms with E-state index in [1.807, 2.05) is 13.8 Å². The molecule has 8 heteroatoms. The van der Waals surface area contributed by atoms with Crippen LogP contribution in [0.25, 0.3) is 11.3 Å². The van der Waals surface area contributed by atoms with Gasteiger partial charge in [0.05, 0.1) is 17.5 Å². The summed E-state index contributed by atoms with van der Waals surface area (Å²) in [6.45, 7) is 5.75. The Balaban J connectivity index is 2.63. The van der Waals surface area contributed by atoms with Crippen molar-refractivity contribution in [3.05, 3.63) is 40.3 Å². The molecule has 2 aromatic rings. The molecule has 0 radical (unpaired) electrons. The summed E-state index contributed by atoms with van der Waals surface area (Å²) in [6, 6.07) is 3.23. The van der Waals surface area contributed by atoms with Gasteiger partial charge in [-0.05, 0) is 39.0 Å². The topological polar surface area (TPSA) is 72.9 Å². The Morgan fingerprint density at radius 1 is 1.29 bits per heavy atom. The molecule has 1 heterocycles. The van der Waals surface area contributed by atoms with E-state index in [9.17, 15) is 18.0 Å². The average molecular weight is 340 g/mol. The molecule has 0 bridgehead atoms. The Labute approximate surface area is 137 Å². The lowest BCUT2D eigenvalue weighted by atomic mass is 10.1. The van der Waals surface area contributed by atoms with Crippen LogP contribution in [0.15, 0.2) is 29.2 Å². The maximum absolute atomic E-state index is 13.0. The van der Waals surface area contributed by atoms with Crippen LogP contribution in [0.4, 0.5) is 24.7 Å². The van der Waals surface area contributed by atoms with Gasteiger partial charge in [0.15, 0.2) is 5.82 Å². The highest BCUT2D eigenvalue weighted by Crippen LogP contribution is 2.34. The molecule has 0 fully saturated rings. The van der Waals surface area contributed by atoms with Crippen molar-refractivity contribution in [1.29, 1.82) is 0 Å². The highest BCUT2D eigenvalue weighted by Gasteiger charge is 2.31. The molecule has 0 aliphatic rings. The van der Waals surface area contributed by atoms with E-state index in [4.69, 9.17) is 5.73 Å². The molecule has 0 saturated carbocycles. The van der Waals surface area contributed by atoms with Crippen molar-refractivity contribution in [2.45, 2.75) is 39.5 Å². The van der Waals surface area contributed by atoms with Gasteiger partial charge in [-0.1, -0.05) is 0 Å². The van der Waals surface area contributed by atoms with Crippen LogP contribution in [0.5, 0.6) is 0 Å². The van der Waals surface area contributed by atoms with E-state index in [2.05, 4.69) is 10.3 Å². The number of benzene rings is 1. The smallest absolute Gasteiger partial charge is 0.399 e. The molecule has 0 aliphatic heterocycles. The molecular weight excluding hydrogens is 321 g/mol. The first-order valence-electron chi connectivity index (χ1n) is 7.48. The summed E-state index contributed by atoms with van der Waals surface area (Å²) in [4.78, 5) is 16.5. The fourth-order valence-corrected chi connectivity index (χ4v) is 2.37. The third-order valence-corrected chi connectivity index (χ3v) is 3.37. The Bertz CT molecular complexity index is 797. The number of anilines is 2. The zero-order chi connectivity index (χ0) is 18.1. The average Bonchev–Trinajstić information content (AvgIpc) is 2.47. The highest BCUT2D eigenvalue weighted by molar-refractivity contribution is 5.66. The number of hydrogen-bond donors (Lipinski definition) is 2. The second-order valence-corrected chi connectivity index (χ2v) is 5.68. The van der Waals surface area contributed by atoms with E-state index in [1.165, 1.54) is 16.8 Å². The van der Waals surface area contributed by atoms with Crippen molar-refractivity contribution in [2.75, 3.05) is 11.1 Å². The number of aromatic nitrogens is 2. The van der Waals surface area contributed by atoms with Crippen molar-refractivity contribution in [1.82, 2.24) is 9.55 Å². The van der Waals surface area contributed by atoms with Gasteiger partial charge in [-0.15, -0.1) is 0 Å². The molecule has 5 nitrogen and oxygen atoms in total. The van der Waals surface area contributed by atoms with E-state index < -0.39 is 11.7 Å². The SMILES string of the molecule is CCn1c(-c2cc(N)cc(C(F)(F)F)c2)cnc(NC(C)C)c1=O. The minimum absolute atomic E-state index is 0.00515. The highest BCUT2D eigenvalue weighted by atomic mass is 19.4. The zero-order valence-corrected chi connectivity index (χ0v) is 13.6. The van der Waals surface area contributed by atoms with E-state index in [1.54, 1.807) is 6.92 Å². The summed E-state index contributed by atoms with van der Waals surface area (Å²) in [6.07, 6.45) is -3.14. The van der Waals surface area contributed by atoms with Crippen molar-refractivity contribution in [3.8, 4) is 11.3 Å². The molecule has 0 amide bonds. The van der Waals surface area contributed by atoms with Gasteiger partial charge >= 0.3 is 6.18 Å². The van der Waals surface area contributed by atoms with Gasteiger partial charge in [-0.25, -0.2) is 4.98 Å². The molecule has 1 aromatic carbocycles. The molecular formula is C16H19F3N4O. The summed E-state index contributed by atoms with van der Waals surface area (Å²) < 4.78 is 40.3. The van der Waals surface area contributed by atoms with E-state index in [-0.39, 0.29) is 34.4 Å². The first-order valence-corrected chi connectivity index (χ1v) is 7.48. The number of nitrogens with two attached hydrogens (primary N) is 1. The van der Waals surface area contributed by atoms with Crippen LogP contribution >= 0.6 is 0 Å². The number of halogens is 3. The van der Waals surface area contributed by atoms with Gasteiger partial charge in [0.2, 0.25) is 0 Å². The van der Waals surface area contributed by atoms with Gasteiger partial charge in [0.1, 0.15) is 0 Å². The summed E-state index contributed by atoms with van der Waals surface area (Å²) in [7, 11) is 0. The van der Waals surface area contributed by atoms with Crippen molar-refractivity contribution >= 4 is 11.5 Å². The quantitative estimate of drug-likeness (QED) is 0.837. The van der Waals surface area contributed by atoms with Crippen LogP contribution in [0.3, 0.4) is 0 Å². The summed E-state index contributed by atoms with van der Waals surface area (Å²) in [5, 5.41) is 2.92. The third-order valence-electron chi connectivity index (χ3n) is 3.37. The van der Waals surface area contributed by atoms with Gasteiger partial charge in [0, 0.05) is 23.8 Å². The zero-order valence-electron chi connectivity index (χ0n) is 13.6. The lowest BCUT2D eigenvalue weighted by Crippen LogP contribution is -2.28. The standard InChI is InChI=1S/C16H19F3N4O/c1-4-23-13(8-21-14(15(23)24)22-9(2)3)10-5-11(16(17,18)19)7-12(20)6-10/h5-9H,4,20H2,1-3H3,(H,21,22). The number of hydrogen-bond acceptors (Lipinski definition) is 4. The van der Waals surface area contributed by atoms with Gasteiger partial charge in [0.25, 0.3) is 5.56 Å². The van der Waals surface area contributed by atoms with Crippen LogP contribution in [-0.2, 0) is 12.7 Å². The maximum atomic E-state index is 13.0. The molecule has 0 saturated heterocycles. The van der Waals surface area contributed by atoms with Crippen molar-refractivity contribution in [2.24, 2.45) is 0 Å². The minimum atomic E-state index is -4.52. The van der Waals surface area contributed by atoms with E-state index in [0.29, 0.717) is 6.54 Å². The summed E-state index contributed by atoms with van der Waals surface area (Å²) in [5.41, 5.74) is 4.80. The maximum Gasteiger partial charge on any atom is 0.416 e. The van der Waals surface area contributed by atoms with Crippen molar-refractivity contribution < 1.29 is 13.2 Å². The predicted octanol–water partition coefficient (Wildman–Crippen LogP) is 3.35. The number of rotatable bonds is 4. The molecule has 3 N–H and O–H groups in total. The molecule has 130 valence electrons. The fraction of sp³-hybridized carbons (Fsp3) is 0.375. The van der Waals surface area contributed by atoms with Crippen LogP contribution in [0.2, 0.25) is 0 Å². The van der Waals surface area contributed by atoms with Gasteiger partial charge in [-0.2, -0.15) is 13.2 Å². The molecule has 2 rings (SSSR count). The van der Waals surface area contributed by atoms with E-state index in [0.717, 1.165) is 12.1 Å². The second-order valence-electron chi connectivity index (χ2n) is 5.68. The second kappa shape index (κ2) is 6.54. The number of nitrogen functional groups attached to an aromatic ring is 1. The molecule has 0 unspecified atom stereocenters. The summed E-state index contributed by atoms with van der Waals surface area (Å²) >= 11 is 0. The normalized spacial score (nSPS) is 11.8. The lowest BCUT2D eigenvalue weighted by Gasteiger charge is -2.16. The number of nitrogens with zero attached hydrogens (tertiary/aromatic N) is 2. The van der Waals surface area contributed by atoms with Crippen LogP contribution < -0.4 is 16.6 Å². The van der Waals surface area contributed by atoms with Gasteiger partial charge < -0.3 is 15.6 Å². The summed E-state index contributed by atoms with van der Waals surface area (Å²) in [5.74, 6) is 0.163. The molecule has 24 heavy (non-hydrogen) atoms. The molecule has 0 atom stereocenters. The van der Waals surface area contributed by atoms with Crippen LogP contribution in [0.1, 0.15) is 26.3 Å². The number of nitrogens with one attached hydrogen (secondary N) is 1. The first-order chi connectivity index (χ1) is 11.1. The third kappa shape index (κ3) is 3.69. The van der Waals surface area contributed by atoms with Gasteiger partial charge in [-0.3, -0.25) is 4.79 Å². The Hall–Kier alpha value is -2.51. The fourth-order valence-electron chi connectivity index (χ4n) is 2.37. The Morgan fingerprint density at radius 2 is 1.96 bits per heavy atom.